The summed E-state index contributed by atoms with van der Waals surface area (Å²) in [6.45, 7) is 4.12. The first-order chi connectivity index (χ1) is 13.0. The topological polar surface area (TPSA) is 42.0 Å². The van der Waals surface area contributed by atoms with Crippen molar-refractivity contribution in [2.75, 3.05) is 5.32 Å². The molecule has 1 aromatic heterocycles. The lowest BCUT2D eigenvalue weighted by molar-refractivity contribution is 0.102. The number of thiazole rings is 1. The minimum Gasteiger partial charge on any atom is -0.322 e. The first kappa shape index (κ1) is 18.1. The third-order valence-corrected chi connectivity index (χ3v) is 6.60. The average molecular weight is 484 g/mol. The summed E-state index contributed by atoms with van der Waals surface area (Å²) in [5.74, 6) is -0.101. The van der Waals surface area contributed by atoms with Gasteiger partial charge in [0.15, 0.2) is 0 Å². The van der Waals surface area contributed by atoms with Crippen molar-refractivity contribution in [3.63, 3.8) is 0 Å². The minimum absolute atomic E-state index is 0.101. The van der Waals surface area contributed by atoms with Gasteiger partial charge in [-0.05, 0) is 96.1 Å². The van der Waals surface area contributed by atoms with E-state index < -0.39 is 0 Å². The number of aromatic nitrogens is 1. The largest absolute Gasteiger partial charge is 0.322 e. The van der Waals surface area contributed by atoms with E-state index in [1.165, 1.54) is 15.8 Å². The molecule has 0 bridgehead atoms. The highest BCUT2D eigenvalue weighted by Gasteiger charge is 2.09. The second-order valence-corrected chi connectivity index (χ2v) is 8.68. The smallest absolute Gasteiger partial charge is 0.255 e. The van der Waals surface area contributed by atoms with Crippen LogP contribution in [0.25, 0.3) is 20.8 Å². The zero-order valence-electron chi connectivity index (χ0n) is 14.9. The van der Waals surface area contributed by atoms with E-state index >= 15 is 0 Å². The van der Waals surface area contributed by atoms with Gasteiger partial charge in [0, 0.05) is 20.4 Å². The second kappa shape index (κ2) is 7.40. The minimum atomic E-state index is -0.101. The Balaban J connectivity index is 1.54. The maximum atomic E-state index is 12.5. The van der Waals surface area contributed by atoms with Gasteiger partial charge in [0.25, 0.3) is 5.91 Å². The Morgan fingerprint density at radius 1 is 1.00 bits per heavy atom. The van der Waals surface area contributed by atoms with Crippen LogP contribution >= 0.6 is 33.9 Å². The number of hydrogen-bond donors (Lipinski definition) is 1. The number of carbonyl (C=O) groups is 1. The van der Waals surface area contributed by atoms with Gasteiger partial charge in [-0.2, -0.15) is 0 Å². The van der Waals surface area contributed by atoms with E-state index in [4.69, 9.17) is 4.98 Å². The molecular weight excluding hydrogens is 467 g/mol. The summed E-state index contributed by atoms with van der Waals surface area (Å²) in [6.07, 6.45) is 0. The van der Waals surface area contributed by atoms with Crippen molar-refractivity contribution in [1.82, 2.24) is 4.98 Å². The molecule has 4 aromatic rings. The third kappa shape index (κ3) is 3.89. The monoisotopic (exact) mass is 484 g/mol. The molecule has 0 radical (unpaired) electrons. The van der Waals surface area contributed by atoms with Gasteiger partial charge in [0.1, 0.15) is 5.01 Å². The number of nitrogens with one attached hydrogen (secondary N) is 1. The van der Waals surface area contributed by atoms with Crippen LogP contribution in [-0.2, 0) is 0 Å². The zero-order valence-corrected chi connectivity index (χ0v) is 17.9. The van der Waals surface area contributed by atoms with Gasteiger partial charge in [-0.1, -0.05) is 12.1 Å². The first-order valence-electron chi connectivity index (χ1n) is 8.55. The number of hydrogen-bond acceptors (Lipinski definition) is 3. The van der Waals surface area contributed by atoms with Crippen molar-refractivity contribution in [3.05, 3.63) is 80.9 Å². The number of rotatable bonds is 3. The molecule has 1 heterocycles. The van der Waals surface area contributed by atoms with E-state index in [2.05, 4.69) is 53.0 Å². The molecule has 0 saturated carbocycles. The molecule has 5 heteroatoms. The Labute approximate surface area is 175 Å². The summed E-state index contributed by atoms with van der Waals surface area (Å²) in [6, 6.07) is 19.9. The number of carbonyl (C=O) groups excluding carboxylic acids is 1. The summed E-state index contributed by atoms with van der Waals surface area (Å²) in [7, 11) is 0. The van der Waals surface area contributed by atoms with Gasteiger partial charge >= 0.3 is 0 Å². The maximum Gasteiger partial charge on any atom is 0.255 e. The highest BCUT2D eigenvalue weighted by Crippen LogP contribution is 2.31. The van der Waals surface area contributed by atoms with Crippen LogP contribution in [0.4, 0.5) is 5.69 Å². The van der Waals surface area contributed by atoms with Crippen LogP contribution in [0.5, 0.6) is 0 Å². The molecule has 3 nitrogen and oxygen atoms in total. The van der Waals surface area contributed by atoms with Gasteiger partial charge in [-0.3, -0.25) is 4.79 Å². The fourth-order valence-electron chi connectivity index (χ4n) is 2.79. The van der Waals surface area contributed by atoms with Gasteiger partial charge in [0.2, 0.25) is 0 Å². The lowest BCUT2D eigenvalue weighted by atomic mass is 10.1. The molecule has 1 N–H and O–H groups in total. The summed E-state index contributed by atoms with van der Waals surface area (Å²) in [4.78, 5) is 17.2. The number of amides is 1. The molecule has 0 saturated heterocycles. The average Bonchev–Trinajstić information content (AvgIpc) is 3.07. The molecule has 0 atom stereocenters. The Bertz CT molecular complexity index is 1150. The van der Waals surface area contributed by atoms with Gasteiger partial charge in [-0.25, -0.2) is 4.98 Å². The summed E-state index contributed by atoms with van der Waals surface area (Å²) >= 11 is 3.93. The number of nitrogens with zero attached hydrogens (tertiary/aromatic N) is 1. The normalized spacial score (nSPS) is 10.9. The van der Waals surface area contributed by atoms with Crippen LogP contribution < -0.4 is 5.32 Å². The lowest BCUT2D eigenvalue weighted by Crippen LogP contribution is -2.12. The number of aryl methyl sites for hydroxylation is 2. The van der Waals surface area contributed by atoms with Crippen molar-refractivity contribution in [3.8, 4) is 10.6 Å². The molecule has 0 unspecified atom stereocenters. The summed E-state index contributed by atoms with van der Waals surface area (Å²) in [5.41, 5.74) is 5.92. The summed E-state index contributed by atoms with van der Waals surface area (Å²) in [5, 5.41) is 3.95. The van der Waals surface area contributed by atoms with Crippen molar-refractivity contribution >= 4 is 55.7 Å². The molecule has 4 rings (SSSR count). The first-order valence-corrected chi connectivity index (χ1v) is 10.4. The molecule has 0 aliphatic rings. The molecule has 0 aliphatic heterocycles. The van der Waals surface area contributed by atoms with Crippen LogP contribution in [0.2, 0.25) is 0 Å². The molecule has 0 spiro atoms. The van der Waals surface area contributed by atoms with E-state index in [0.717, 1.165) is 25.3 Å². The van der Waals surface area contributed by atoms with Crippen LogP contribution in [0.1, 0.15) is 21.5 Å². The molecule has 3 aromatic carbocycles. The predicted octanol–water partition coefficient (Wildman–Crippen LogP) is 6.44. The Hall–Kier alpha value is -2.25. The molecule has 0 fully saturated rings. The standard InChI is InChI=1S/C22H17IN2OS/c1-13-3-10-19-20(11-13)27-22(25-19)15-6-8-17(9-7-15)24-21(26)16-5-4-14(2)18(23)12-16/h3-12H,1-2H3,(H,24,26). The Kier molecular flexibility index (Phi) is 4.97. The molecular formula is C22H17IN2OS. The highest BCUT2D eigenvalue weighted by molar-refractivity contribution is 14.1. The van der Waals surface area contributed by atoms with E-state index in [-0.39, 0.29) is 5.91 Å². The number of halogens is 1. The predicted molar refractivity (Wildman–Crippen MR) is 122 cm³/mol. The Morgan fingerprint density at radius 3 is 2.52 bits per heavy atom. The van der Waals surface area contributed by atoms with Crippen molar-refractivity contribution < 1.29 is 4.79 Å². The molecule has 134 valence electrons. The SMILES string of the molecule is Cc1ccc2nc(-c3ccc(NC(=O)c4ccc(C)c(I)c4)cc3)sc2c1. The quantitative estimate of drug-likeness (QED) is 0.340. The van der Waals surface area contributed by atoms with Gasteiger partial charge < -0.3 is 5.32 Å². The Morgan fingerprint density at radius 2 is 1.78 bits per heavy atom. The molecule has 1 amide bonds. The van der Waals surface area contributed by atoms with E-state index in [1.54, 1.807) is 11.3 Å². The molecule has 27 heavy (non-hydrogen) atoms. The van der Waals surface area contributed by atoms with Crippen LogP contribution in [0.3, 0.4) is 0 Å². The van der Waals surface area contributed by atoms with Crippen LogP contribution in [0, 0.1) is 17.4 Å². The number of benzene rings is 3. The van der Waals surface area contributed by atoms with Crippen molar-refractivity contribution in [2.24, 2.45) is 0 Å². The zero-order chi connectivity index (χ0) is 19.0. The fraction of sp³-hybridized carbons (Fsp3) is 0.0909. The summed E-state index contributed by atoms with van der Waals surface area (Å²) < 4.78 is 2.28. The van der Waals surface area contributed by atoms with Crippen molar-refractivity contribution in [2.45, 2.75) is 13.8 Å². The number of anilines is 1. The van der Waals surface area contributed by atoms with Gasteiger partial charge in [0.05, 0.1) is 10.2 Å². The molecule has 0 aliphatic carbocycles. The maximum absolute atomic E-state index is 12.5. The second-order valence-electron chi connectivity index (χ2n) is 6.49. The highest BCUT2D eigenvalue weighted by atomic mass is 127. The van der Waals surface area contributed by atoms with E-state index in [9.17, 15) is 4.79 Å². The van der Waals surface area contributed by atoms with Crippen LogP contribution in [-0.4, -0.2) is 10.9 Å². The van der Waals surface area contributed by atoms with E-state index in [1.807, 2.05) is 49.4 Å². The van der Waals surface area contributed by atoms with Crippen LogP contribution in [0.15, 0.2) is 60.7 Å². The van der Waals surface area contributed by atoms with Gasteiger partial charge in [-0.15, -0.1) is 11.3 Å². The van der Waals surface area contributed by atoms with E-state index in [0.29, 0.717) is 5.56 Å². The third-order valence-electron chi connectivity index (χ3n) is 4.37. The number of fused-ring (bicyclic) bond motifs is 1. The lowest BCUT2D eigenvalue weighted by Gasteiger charge is -2.07. The van der Waals surface area contributed by atoms with Crippen molar-refractivity contribution in [1.29, 1.82) is 0 Å². The fourth-order valence-corrected chi connectivity index (χ4v) is 4.37.